The lowest BCUT2D eigenvalue weighted by Gasteiger charge is -2.18. The maximum atomic E-state index is 11.9. The molecule has 0 aromatic carbocycles. The van der Waals surface area contributed by atoms with E-state index in [1.165, 1.54) is 4.68 Å². The van der Waals surface area contributed by atoms with E-state index >= 15 is 0 Å². The monoisotopic (exact) mass is 254 g/mol. The number of carbonyl (C=O) groups is 1. The Morgan fingerprint density at radius 2 is 1.94 bits per heavy atom. The van der Waals surface area contributed by atoms with Gasteiger partial charge in [-0.15, -0.1) is 0 Å². The normalized spacial score (nSPS) is 10.4. The molecule has 0 unspecified atom stereocenters. The molecule has 100 valence electrons. The maximum Gasteiger partial charge on any atom is 0.312 e. The van der Waals surface area contributed by atoms with Gasteiger partial charge in [-0.2, -0.15) is 5.10 Å². The molecule has 0 saturated carbocycles. The van der Waals surface area contributed by atoms with Gasteiger partial charge in [0.15, 0.2) is 0 Å². The van der Waals surface area contributed by atoms with E-state index in [4.69, 9.17) is 0 Å². The van der Waals surface area contributed by atoms with Crippen LogP contribution in [0.5, 0.6) is 0 Å². The quantitative estimate of drug-likeness (QED) is 0.585. The fourth-order valence-electron chi connectivity index (χ4n) is 1.91. The van der Waals surface area contributed by atoms with Gasteiger partial charge in [0.1, 0.15) is 17.9 Å². The van der Waals surface area contributed by atoms with Crippen LogP contribution in [0.1, 0.15) is 25.2 Å². The summed E-state index contributed by atoms with van der Waals surface area (Å²) >= 11 is 0. The third-order valence-corrected chi connectivity index (χ3v) is 2.93. The predicted octanol–water partition coefficient (Wildman–Crippen LogP) is 1.28. The van der Waals surface area contributed by atoms with Crippen LogP contribution in [-0.4, -0.2) is 38.6 Å². The van der Waals surface area contributed by atoms with Gasteiger partial charge < -0.3 is 4.90 Å². The highest BCUT2D eigenvalue weighted by atomic mass is 16.6. The van der Waals surface area contributed by atoms with Crippen molar-refractivity contribution in [1.82, 2.24) is 14.7 Å². The van der Waals surface area contributed by atoms with Crippen molar-refractivity contribution < 1.29 is 9.72 Å². The lowest BCUT2D eigenvalue weighted by Crippen LogP contribution is -2.33. The largest absolute Gasteiger partial charge is 0.342 e. The van der Waals surface area contributed by atoms with E-state index in [-0.39, 0.29) is 18.1 Å². The second-order valence-corrected chi connectivity index (χ2v) is 4.00. The van der Waals surface area contributed by atoms with Crippen LogP contribution < -0.4 is 0 Å². The molecule has 0 aliphatic heterocycles. The third-order valence-electron chi connectivity index (χ3n) is 2.93. The van der Waals surface area contributed by atoms with Crippen molar-refractivity contribution in [1.29, 1.82) is 0 Å². The number of nitrogens with zero attached hydrogens (tertiary/aromatic N) is 4. The summed E-state index contributed by atoms with van der Waals surface area (Å²) in [4.78, 5) is 24.0. The molecule has 0 fully saturated rings. The molecule has 1 rings (SSSR count). The molecular weight excluding hydrogens is 236 g/mol. The topological polar surface area (TPSA) is 81.3 Å². The van der Waals surface area contributed by atoms with Crippen molar-refractivity contribution >= 4 is 11.6 Å². The van der Waals surface area contributed by atoms with Gasteiger partial charge in [-0.05, 0) is 27.7 Å². The van der Waals surface area contributed by atoms with Gasteiger partial charge in [0, 0.05) is 13.1 Å². The van der Waals surface area contributed by atoms with Crippen LogP contribution in [0, 0.1) is 24.0 Å². The molecule has 18 heavy (non-hydrogen) atoms. The second-order valence-electron chi connectivity index (χ2n) is 4.00. The van der Waals surface area contributed by atoms with Gasteiger partial charge in [0.2, 0.25) is 5.91 Å². The summed E-state index contributed by atoms with van der Waals surface area (Å²) in [6, 6.07) is 0. The van der Waals surface area contributed by atoms with E-state index in [1.54, 1.807) is 18.7 Å². The zero-order valence-electron chi connectivity index (χ0n) is 11.1. The van der Waals surface area contributed by atoms with Crippen molar-refractivity contribution in [3.05, 3.63) is 21.5 Å². The van der Waals surface area contributed by atoms with E-state index < -0.39 is 4.92 Å². The number of aromatic nitrogens is 2. The summed E-state index contributed by atoms with van der Waals surface area (Å²) in [6.07, 6.45) is 0. The number of nitro groups is 1. The number of likely N-dealkylation sites (N-methyl/N-ethyl adjacent to an activating group) is 1. The number of carbonyl (C=O) groups excluding carboxylic acids is 1. The van der Waals surface area contributed by atoms with Crippen LogP contribution in [0.2, 0.25) is 0 Å². The molecule has 1 amide bonds. The number of rotatable bonds is 5. The molecular formula is C11H18N4O3. The highest BCUT2D eigenvalue weighted by Crippen LogP contribution is 2.21. The Morgan fingerprint density at radius 3 is 2.33 bits per heavy atom. The van der Waals surface area contributed by atoms with Crippen molar-refractivity contribution in [3.63, 3.8) is 0 Å². The maximum absolute atomic E-state index is 11.9. The SMILES string of the molecule is CCN(CC)C(=O)Cn1nc(C)c([N+](=O)[O-])c1C. The molecule has 0 aliphatic rings. The van der Waals surface area contributed by atoms with Gasteiger partial charge in [0.05, 0.1) is 4.92 Å². The minimum Gasteiger partial charge on any atom is -0.342 e. The minimum absolute atomic E-state index is 0.0117. The lowest BCUT2D eigenvalue weighted by atomic mass is 10.3. The standard InChI is InChI=1S/C11H18N4O3/c1-5-13(6-2)10(16)7-14-9(4)11(15(17)18)8(3)12-14/h5-7H2,1-4H3. The molecule has 0 spiro atoms. The highest BCUT2D eigenvalue weighted by molar-refractivity contribution is 5.76. The van der Waals surface area contributed by atoms with Crippen molar-refractivity contribution in [2.45, 2.75) is 34.2 Å². The Balaban J connectivity index is 2.96. The molecule has 1 aromatic heterocycles. The Hall–Kier alpha value is -1.92. The summed E-state index contributed by atoms with van der Waals surface area (Å²) in [5.74, 6) is -0.0829. The zero-order chi connectivity index (χ0) is 13.9. The Morgan fingerprint density at radius 1 is 1.39 bits per heavy atom. The van der Waals surface area contributed by atoms with Crippen LogP contribution in [-0.2, 0) is 11.3 Å². The fourth-order valence-corrected chi connectivity index (χ4v) is 1.91. The zero-order valence-corrected chi connectivity index (χ0v) is 11.1. The van der Waals surface area contributed by atoms with E-state index in [2.05, 4.69) is 5.10 Å². The molecule has 0 N–H and O–H groups in total. The first-order valence-corrected chi connectivity index (χ1v) is 5.88. The molecule has 0 atom stereocenters. The Kier molecular flexibility index (Phi) is 4.41. The third kappa shape index (κ3) is 2.66. The average Bonchev–Trinajstić information content (AvgIpc) is 2.55. The summed E-state index contributed by atoms with van der Waals surface area (Å²) in [5.41, 5.74) is 0.741. The van der Waals surface area contributed by atoms with Gasteiger partial charge >= 0.3 is 5.69 Å². The molecule has 1 aromatic rings. The smallest absolute Gasteiger partial charge is 0.312 e. The number of hydrogen-bond donors (Lipinski definition) is 0. The molecule has 0 bridgehead atoms. The highest BCUT2D eigenvalue weighted by Gasteiger charge is 2.23. The van der Waals surface area contributed by atoms with E-state index in [9.17, 15) is 14.9 Å². The van der Waals surface area contributed by atoms with Crippen molar-refractivity contribution in [2.24, 2.45) is 0 Å². The molecule has 7 nitrogen and oxygen atoms in total. The van der Waals surface area contributed by atoms with Gasteiger partial charge in [-0.3, -0.25) is 19.6 Å². The fraction of sp³-hybridized carbons (Fsp3) is 0.636. The van der Waals surface area contributed by atoms with Gasteiger partial charge in [-0.25, -0.2) is 0 Å². The van der Waals surface area contributed by atoms with Crippen LogP contribution in [0.4, 0.5) is 5.69 Å². The Labute approximate surface area is 106 Å². The van der Waals surface area contributed by atoms with Crippen LogP contribution >= 0.6 is 0 Å². The van der Waals surface area contributed by atoms with Crippen molar-refractivity contribution in [3.8, 4) is 0 Å². The van der Waals surface area contributed by atoms with Crippen LogP contribution in [0.3, 0.4) is 0 Å². The second kappa shape index (κ2) is 5.61. The molecule has 0 saturated heterocycles. The van der Waals surface area contributed by atoms with E-state index in [0.717, 1.165) is 0 Å². The molecule has 7 heteroatoms. The Bertz CT molecular complexity index is 463. The van der Waals surface area contributed by atoms with Crippen LogP contribution in [0.25, 0.3) is 0 Å². The number of aryl methyl sites for hydroxylation is 1. The molecule has 0 radical (unpaired) electrons. The molecule has 0 aliphatic carbocycles. The molecule has 1 heterocycles. The van der Waals surface area contributed by atoms with Crippen molar-refractivity contribution in [2.75, 3.05) is 13.1 Å². The van der Waals surface area contributed by atoms with Gasteiger partial charge in [-0.1, -0.05) is 0 Å². The number of amides is 1. The average molecular weight is 254 g/mol. The first-order valence-electron chi connectivity index (χ1n) is 5.88. The lowest BCUT2D eigenvalue weighted by molar-refractivity contribution is -0.386. The summed E-state index contributed by atoms with van der Waals surface area (Å²) in [5, 5.41) is 14.9. The van der Waals surface area contributed by atoms with E-state index in [0.29, 0.717) is 24.5 Å². The van der Waals surface area contributed by atoms with Crippen LogP contribution in [0.15, 0.2) is 0 Å². The number of hydrogen-bond acceptors (Lipinski definition) is 4. The first kappa shape index (κ1) is 14.1. The predicted molar refractivity (Wildman–Crippen MR) is 66.3 cm³/mol. The van der Waals surface area contributed by atoms with E-state index in [1.807, 2.05) is 13.8 Å². The summed E-state index contributed by atoms with van der Waals surface area (Å²) in [6.45, 7) is 8.25. The van der Waals surface area contributed by atoms with Gasteiger partial charge in [0.25, 0.3) is 0 Å². The minimum atomic E-state index is -0.462. The first-order chi connectivity index (χ1) is 8.42. The summed E-state index contributed by atoms with van der Waals surface area (Å²) < 4.78 is 1.40. The summed E-state index contributed by atoms with van der Waals surface area (Å²) in [7, 11) is 0.